The van der Waals surface area contributed by atoms with E-state index in [0.29, 0.717) is 12.5 Å². The van der Waals surface area contributed by atoms with Crippen LogP contribution >= 0.6 is 0 Å². The van der Waals surface area contributed by atoms with Crippen molar-refractivity contribution >= 4 is 17.0 Å². The van der Waals surface area contributed by atoms with Gasteiger partial charge >= 0.3 is 0 Å². The molecule has 2 aliphatic rings. The minimum Gasteiger partial charge on any atom is -0.337 e. The highest BCUT2D eigenvalue weighted by Gasteiger charge is 2.30. The molecule has 1 aliphatic heterocycles. The highest BCUT2D eigenvalue weighted by Crippen LogP contribution is 2.38. The largest absolute Gasteiger partial charge is 0.337 e. The molecule has 1 aromatic carbocycles. The van der Waals surface area contributed by atoms with E-state index in [2.05, 4.69) is 33.7 Å². The second-order valence-electron chi connectivity index (χ2n) is 7.50. The number of hydrogen-bond donors (Lipinski definition) is 0. The first kappa shape index (κ1) is 15.6. The van der Waals surface area contributed by atoms with Crippen LogP contribution < -0.4 is 10.5 Å². The van der Waals surface area contributed by atoms with Gasteiger partial charge in [-0.2, -0.15) is 5.10 Å². The van der Waals surface area contributed by atoms with E-state index in [0.717, 1.165) is 42.1 Å². The van der Waals surface area contributed by atoms with E-state index in [1.54, 1.807) is 10.7 Å². The van der Waals surface area contributed by atoms with Crippen LogP contribution in [0.4, 0.5) is 5.95 Å². The standard InChI is InChI=1S/C20H23N5O/c1-23-18-7-3-2-6-17(18)21-20(23)24-12-4-5-15(24)13-25-19(26)11-10-16(22-25)14-8-9-14/h2-3,6-7,10-11,14-15H,4-5,8-9,12-13H2,1H3. The van der Waals surface area contributed by atoms with Crippen LogP contribution in [0, 0.1) is 0 Å². The highest BCUT2D eigenvalue weighted by atomic mass is 16.1. The first-order valence-electron chi connectivity index (χ1n) is 9.47. The van der Waals surface area contributed by atoms with Crippen molar-refractivity contribution in [1.82, 2.24) is 19.3 Å². The molecule has 3 heterocycles. The van der Waals surface area contributed by atoms with Gasteiger partial charge in [0, 0.05) is 25.6 Å². The Kier molecular flexibility index (Phi) is 3.58. The van der Waals surface area contributed by atoms with Crippen molar-refractivity contribution in [3.8, 4) is 0 Å². The zero-order valence-corrected chi connectivity index (χ0v) is 15.0. The van der Waals surface area contributed by atoms with E-state index < -0.39 is 0 Å². The molecule has 3 aromatic rings. The van der Waals surface area contributed by atoms with Gasteiger partial charge in [0.25, 0.3) is 5.56 Å². The Hall–Kier alpha value is -2.63. The van der Waals surface area contributed by atoms with Crippen molar-refractivity contribution in [2.24, 2.45) is 7.05 Å². The quantitative estimate of drug-likeness (QED) is 0.727. The van der Waals surface area contributed by atoms with Gasteiger partial charge in [-0.1, -0.05) is 12.1 Å². The van der Waals surface area contributed by atoms with Crippen molar-refractivity contribution in [3.05, 3.63) is 52.4 Å². The maximum atomic E-state index is 12.3. The first-order chi connectivity index (χ1) is 12.7. The number of aryl methyl sites for hydroxylation is 1. The maximum absolute atomic E-state index is 12.3. The van der Waals surface area contributed by atoms with Crippen molar-refractivity contribution in [3.63, 3.8) is 0 Å². The monoisotopic (exact) mass is 349 g/mol. The van der Waals surface area contributed by atoms with E-state index >= 15 is 0 Å². The number of aromatic nitrogens is 4. The second-order valence-corrected chi connectivity index (χ2v) is 7.50. The van der Waals surface area contributed by atoms with Gasteiger partial charge in [-0.05, 0) is 43.9 Å². The maximum Gasteiger partial charge on any atom is 0.266 e. The summed E-state index contributed by atoms with van der Waals surface area (Å²) in [5.74, 6) is 1.54. The predicted molar refractivity (Wildman–Crippen MR) is 102 cm³/mol. The third kappa shape index (κ3) is 2.60. The van der Waals surface area contributed by atoms with Crippen LogP contribution in [0.15, 0.2) is 41.2 Å². The van der Waals surface area contributed by atoms with Gasteiger partial charge in [-0.15, -0.1) is 0 Å². The van der Waals surface area contributed by atoms with Crippen LogP contribution in [-0.4, -0.2) is 31.9 Å². The van der Waals surface area contributed by atoms with Crippen molar-refractivity contribution in [2.75, 3.05) is 11.4 Å². The van der Waals surface area contributed by atoms with Gasteiger partial charge in [0.05, 0.1) is 29.3 Å². The number of benzene rings is 1. The molecule has 1 atom stereocenters. The van der Waals surface area contributed by atoms with Gasteiger partial charge in [-0.3, -0.25) is 4.79 Å². The van der Waals surface area contributed by atoms with Gasteiger partial charge in [0.2, 0.25) is 5.95 Å². The molecule has 26 heavy (non-hydrogen) atoms. The fraction of sp³-hybridized carbons (Fsp3) is 0.450. The average molecular weight is 349 g/mol. The van der Waals surface area contributed by atoms with E-state index in [4.69, 9.17) is 4.98 Å². The summed E-state index contributed by atoms with van der Waals surface area (Å²) in [4.78, 5) is 19.5. The van der Waals surface area contributed by atoms with Crippen molar-refractivity contribution in [2.45, 2.75) is 44.2 Å². The highest BCUT2D eigenvalue weighted by molar-refractivity contribution is 5.78. The summed E-state index contributed by atoms with van der Waals surface area (Å²) < 4.78 is 3.82. The summed E-state index contributed by atoms with van der Waals surface area (Å²) in [7, 11) is 2.07. The van der Waals surface area contributed by atoms with Gasteiger partial charge < -0.3 is 9.47 Å². The van der Waals surface area contributed by atoms with E-state index in [1.807, 2.05) is 18.2 Å². The Bertz CT molecular complexity index is 1020. The van der Waals surface area contributed by atoms with Crippen LogP contribution in [0.25, 0.3) is 11.0 Å². The molecule has 0 bridgehead atoms. The molecule has 1 saturated carbocycles. The molecule has 1 unspecified atom stereocenters. The molecule has 2 aromatic heterocycles. The summed E-state index contributed by atoms with van der Waals surface area (Å²) in [6.45, 7) is 1.60. The van der Waals surface area contributed by atoms with Crippen LogP contribution in [-0.2, 0) is 13.6 Å². The molecule has 0 N–H and O–H groups in total. The lowest BCUT2D eigenvalue weighted by atomic mass is 10.2. The fourth-order valence-corrected chi connectivity index (χ4v) is 4.07. The lowest BCUT2D eigenvalue weighted by molar-refractivity contribution is 0.477. The summed E-state index contributed by atoms with van der Waals surface area (Å²) >= 11 is 0. The molecule has 0 amide bonds. The average Bonchev–Trinajstić information content (AvgIpc) is 3.32. The number of anilines is 1. The number of hydrogen-bond acceptors (Lipinski definition) is 4. The molecule has 2 fully saturated rings. The number of fused-ring (bicyclic) bond motifs is 1. The van der Waals surface area contributed by atoms with Crippen LogP contribution in [0.3, 0.4) is 0 Å². The Balaban J connectivity index is 1.46. The Labute approximate surface area is 152 Å². The summed E-state index contributed by atoms with van der Waals surface area (Å²) in [5, 5.41) is 4.64. The fourth-order valence-electron chi connectivity index (χ4n) is 4.07. The minimum atomic E-state index is -0.00810. The van der Waals surface area contributed by atoms with Gasteiger partial charge in [0.1, 0.15) is 0 Å². The molecule has 1 aliphatic carbocycles. The van der Waals surface area contributed by atoms with Crippen LogP contribution in [0.1, 0.15) is 37.3 Å². The van der Waals surface area contributed by atoms with Crippen molar-refractivity contribution < 1.29 is 0 Å². The lowest BCUT2D eigenvalue weighted by Gasteiger charge is -2.26. The number of rotatable bonds is 4. The zero-order valence-electron chi connectivity index (χ0n) is 15.0. The van der Waals surface area contributed by atoms with Gasteiger partial charge in [0.15, 0.2) is 0 Å². The van der Waals surface area contributed by atoms with E-state index in [9.17, 15) is 4.79 Å². The second kappa shape index (κ2) is 5.97. The molecule has 6 nitrogen and oxygen atoms in total. The number of nitrogens with zero attached hydrogens (tertiary/aromatic N) is 5. The Morgan fingerprint density at radius 3 is 2.77 bits per heavy atom. The molecule has 5 rings (SSSR count). The molecule has 134 valence electrons. The molecular weight excluding hydrogens is 326 g/mol. The molecular formula is C20H23N5O. The molecule has 0 radical (unpaired) electrons. The van der Waals surface area contributed by atoms with Crippen molar-refractivity contribution in [1.29, 1.82) is 0 Å². The van der Waals surface area contributed by atoms with Crippen LogP contribution in [0.5, 0.6) is 0 Å². The Morgan fingerprint density at radius 2 is 1.96 bits per heavy atom. The third-order valence-electron chi connectivity index (χ3n) is 5.66. The normalized spacial score (nSPS) is 20.2. The number of imidazole rings is 1. The minimum absolute atomic E-state index is 0.00810. The lowest BCUT2D eigenvalue weighted by Crippen LogP contribution is -2.38. The summed E-state index contributed by atoms with van der Waals surface area (Å²) in [5.41, 5.74) is 3.21. The zero-order chi connectivity index (χ0) is 17.7. The number of para-hydroxylation sites is 2. The first-order valence-corrected chi connectivity index (χ1v) is 9.47. The molecule has 1 saturated heterocycles. The topological polar surface area (TPSA) is 56.0 Å². The summed E-state index contributed by atoms with van der Waals surface area (Å²) in [6.07, 6.45) is 4.57. The SMILES string of the molecule is Cn1c(N2CCCC2Cn2nc(C3CC3)ccc2=O)nc2ccccc21. The van der Waals surface area contributed by atoms with E-state index in [1.165, 1.54) is 12.8 Å². The van der Waals surface area contributed by atoms with Crippen LogP contribution in [0.2, 0.25) is 0 Å². The molecule has 6 heteroatoms. The predicted octanol–water partition coefficient (Wildman–Crippen LogP) is 2.68. The van der Waals surface area contributed by atoms with Gasteiger partial charge in [-0.25, -0.2) is 9.67 Å². The Morgan fingerprint density at radius 1 is 1.12 bits per heavy atom. The van der Waals surface area contributed by atoms with E-state index in [-0.39, 0.29) is 11.6 Å². The smallest absolute Gasteiger partial charge is 0.266 e. The third-order valence-corrected chi connectivity index (χ3v) is 5.66. The summed E-state index contributed by atoms with van der Waals surface area (Å²) in [6, 6.07) is 12.0. The molecule has 0 spiro atoms.